The van der Waals surface area contributed by atoms with E-state index >= 15 is 0 Å². The zero-order valence-electron chi connectivity index (χ0n) is 20.8. The number of benzene rings is 2. The van der Waals surface area contributed by atoms with Crippen molar-refractivity contribution in [2.24, 2.45) is 5.92 Å². The fourth-order valence-corrected chi connectivity index (χ4v) is 4.91. The summed E-state index contributed by atoms with van der Waals surface area (Å²) < 4.78 is 40.3. The quantitative estimate of drug-likeness (QED) is 0.402. The van der Waals surface area contributed by atoms with E-state index in [4.69, 9.17) is 23.2 Å². The number of halogens is 3. The monoisotopic (exact) mass is 559 g/mol. The molecule has 0 aliphatic carbocycles. The summed E-state index contributed by atoms with van der Waals surface area (Å²) >= 11 is 12.2. The highest BCUT2D eigenvalue weighted by molar-refractivity contribution is 7.92. The van der Waals surface area contributed by atoms with Crippen molar-refractivity contribution >= 4 is 50.7 Å². The van der Waals surface area contributed by atoms with Gasteiger partial charge in [0.15, 0.2) is 0 Å². The second kappa shape index (κ2) is 13.3. The number of carbonyl (C=O) groups is 2. The van der Waals surface area contributed by atoms with Crippen LogP contribution in [0.25, 0.3) is 0 Å². The summed E-state index contributed by atoms with van der Waals surface area (Å²) in [4.78, 5) is 27.3. The van der Waals surface area contributed by atoms with Gasteiger partial charge < -0.3 is 10.2 Å². The predicted octanol–water partition coefficient (Wildman–Crippen LogP) is 4.87. The summed E-state index contributed by atoms with van der Waals surface area (Å²) in [6.07, 6.45) is 1.11. The number of hydrogen-bond acceptors (Lipinski definition) is 4. The molecule has 0 aliphatic heterocycles. The highest BCUT2D eigenvalue weighted by atomic mass is 35.5. The van der Waals surface area contributed by atoms with Crippen molar-refractivity contribution in [2.45, 2.75) is 46.2 Å². The standard InChI is InChI=1S/C25H32Cl2FN3O4S/c1-17(2)15-29-25(33)18(3)30(16-19-8-5-6-9-22(19)28)24(32)10-7-13-31(36(4,34)35)23-14-20(26)11-12-21(23)27/h5-6,8-9,11-12,14,17-18H,7,10,13,15-16H2,1-4H3,(H,29,33)/t18-/m0/s1. The lowest BCUT2D eigenvalue weighted by molar-refractivity contribution is -0.140. The lowest BCUT2D eigenvalue weighted by Gasteiger charge is -2.30. The average molecular weight is 561 g/mol. The summed E-state index contributed by atoms with van der Waals surface area (Å²) in [6.45, 7) is 5.79. The van der Waals surface area contributed by atoms with E-state index in [1.165, 1.54) is 23.1 Å². The van der Waals surface area contributed by atoms with Gasteiger partial charge in [-0.25, -0.2) is 12.8 Å². The molecule has 198 valence electrons. The van der Waals surface area contributed by atoms with Gasteiger partial charge in [-0.3, -0.25) is 13.9 Å². The van der Waals surface area contributed by atoms with Crippen molar-refractivity contribution in [3.05, 3.63) is 63.9 Å². The summed E-state index contributed by atoms with van der Waals surface area (Å²) in [7, 11) is -3.72. The summed E-state index contributed by atoms with van der Waals surface area (Å²) in [6, 6.07) is 9.68. The van der Waals surface area contributed by atoms with Crippen LogP contribution in [-0.2, 0) is 26.2 Å². The molecule has 0 spiro atoms. The molecule has 36 heavy (non-hydrogen) atoms. The van der Waals surface area contributed by atoms with Gasteiger partial charge in [0.25, 0.3) is 0 Å². The number of nitrogens with one attached hydrogen (secondary N) is 1. The predicted molar refractivity (Wildman–Crippen MR) is 142 cm³/mol. The van der Waals surface area contributed by atoms with Gasteiger partial charge in [0.1, 0.15) is 11.9 Å². The lowest BCUT2D eigenvalue weighted by Crippen LogP contribution is -2.48. The van der Waals surface area contributed by atoms with E-state index in [1.807, 2.05) is 13.8 Å². The smallest absolute Gasteiger partial charge is 0.242 e. The molecule has 11 heteroatoms. The highest BCUT2D eigenvalue weighted by Gasteiger charge is 2.27. The van der Waals surface area contributed by atoms with E-state index in [0.717, 1.165) is 10.6 Å². The molecular formula is C25H32Cl2FN3O4S. The Bertz CT molecular complexity index is 1180. The fourth-order valence-electron chi connectivity index (χ4n) is 3.50. The molecular weight excluding hydrogens is 528 g/mol. The Morgan fingerprint density at radius 1 is 1.08 bits per heavy atom. The molecule has 0 saturated heterocycles. The van der Waals surface area contributed by atoms with Crippen LogP contribution in [0.5, 0.6) is 0 Å². The first-order valence-corrected chi connectivity index (χ1v) is 14.1. The molecule has 0 fully saturated rings. The van der Waals surface area contributed by atoms with Gasteiger partial charge in [0.2, 0.25) is 21.8 Å². The third-order valence-electron chi connectivity index (χ3n) is 5.48. The Labute approximate surface area is 222 Å². The topological polar surface area (TPSA) is 86.8 Å². The normalized spacial score (nSPS) is 12.3. The Kier molecular flexibility index (Phi) is 11.0. The van der Waals surface area contributed by atoms with Crippen LogP contribution < -0.4 is 9.62 Å². The molecule has 0 aromatic heterocycles. The Hall–Kier alpha value is -2.36. The third kappa shape index (κ3) is 8.64. The van der Waals surface area contributed by atoms with Crippen molar-refractivity contribution in [3.63, 3.8) is 0 Å². The van der Waals surface area contributed by atoms with Crippen LogP contribution in [0.15, 0.2) is 42.5 Å². The highest BCUT2D eigenvalue weighted by Crippen LogP contribution is 2.31. The maximum atomic E-state index is 14.3. The molecule has 0 unspecified atom stereocenters. The van der Waals surface area contributed by atoms with Crippen LogP contribution in [0, 0.1) is 11.7 Å². The number of carbonyl (C=O) groups excluding carboxylic acids is 2. The van der Waals surface area contributed by atoms with Crippen molar-refractivity contribution in [1.82, 2.24) is 10.2 Å². The Morgan fingerprint density at radius 2 is 1.75 bits per heavy atom. The first kappa shape index (κ1) is 29.9. The average Bonchev–Trinajstić information content (AvgIpc) is 2.80. The molecule has 0 aliphatic rings. The number of nitrogens with zero attached hydrogens (tertiary/aromatic N) is 2. The molecule has 0 heterocycles. The molecule has 0 bridgehead atoms. The van der Waals surface area contributed by atoms with Crippen LogP contribution in [0.3, 0.4) is 0 Å². The molecule has 2 amide bonds. The van der Waals surface area contributed by atoms with Crippen molar-refractivity contribution in [1.29, 1.82) is 0 Å². The van der Waals surface area contributed by atoms with E-state index in [0.29, 0.717) is 11.6 Å². The molecule has 2 aromatic carbocycles. The van der Waals surface area contributed by atoms with Gasteiger partial charge in [0.05, 0.1) is 17.0 Å². The molecule has 7 nitrogen and oxygen atoms in total. The largest absolute Gasteiger partial charge is 0.354 e. The van der Waals surface area contributed by atoms with E-state index in [2.05, 4.69) is 5.32 Å². The fraction of sp³-hybridized carbons (Fsp3) is 0.440. The van der Waals surface area contributed by atoms with Crippen LogP contribution in [0.2, 0.25) is 10.0 Å². The minimum atomic E-state index is -3.72. The van der Waals surface area contributed by atoms with Crippen LogP contribution in [0.4, 0.5) is 10.1 Å². The zero-order valence-corrected chi connectivity index (χ0v) is 23.1. The molecule has 1 atom stereocenters. The van der Waals surface area contributed by atoms with Crippen molar-refractivity contribution in [3.8, 4) is 0 Å². The van der Waals surface area contributed by atoms with E-state index in [-0.39, 0.29) is 54.0 Å². The van der Waals surface area contributed by atoms with Gasteiger partial charge in [0, 0.05) is 36.6 Å². The number of sulfonamides is 1. The maximum Gasteiger partial charge on any atom is 0.242 e. The van der Waals surface area contributed by atoms with Gasteiger partial charge in [-0.2, -0.15) is 0 Å². The SMILES string of the molecule is CC(C)CNC(=O)[C@H](C)N(Cc1ccccc1F)C(=O)CCCN(c1cc(Cl)ccc1Cl)S(C)(=O)=O. The minimum absolute atomic E-state index is 0.0356. The van der Waals surface area contributed by atoms with Crippen LogP contribution >= 0.6 is 23.2 Å². The zero-order chi connectivity index (χ0) is 27.0. The number of anilines is 1. The third-order valence-corrected chi connectivity index (χ3v) is 7.21. The van der Waals surface area contributed by atoms with Crippen molar-refractivity contribution in [2.75, 3.05) is 23.7 Å². The number of rotatable bonds is 12. The van der Waals surface area contributed by atoms with E-state index in [9.17, 15) is 22.4 Å². The van der Waals surface area contributed by atoms with Gasteiger partial charge >= 0.3 is 0 Å². The molecule has 0 saturated carbocycles. The summed E-state index contributed by atoms with van der Waals surface area (Å²) in [5.41, 5.74) is 0.488. The first-order valence-electron chi connectivity index (χ1n) is 11.5. The van der Waals surface area contributed by atoms with Gasteiger partial charge in [-0.05, 0) is 43.5 Å². The second-order valence-corrected chi connectivity index (χ2v) is 11.7. The molecule has 2 rings (SSSR count). The first-order chi connectivity index (χ1) is 16.8. The van der Waals surface area contributed by atoms with Gasteiger partial charge in [-0.15, -0.1) is 0 Å². The van der Waals surface area contributed by atoms with Gasteiger partial charge in [-0.1, -0.05) is 55.2 Å². The second-order valence-electron chi connectivity index (χ2n) is 8.96. The van der Waals surface area contributed by atoms with Crippen molar-refractivity contribution < 1.29 is 22.4 Å². The molecule has 0 radical (unpaired) electrons. The van der Waals surface area contributed by atoms with E-state index in [1.54, 1.807) is 31.2 Å². The molecule has 2 aromatic rings. The summed E-state index contributed by atoms with van der Waals surface area (Å²) in [5.74, 6) is -1.02. The summed E-state index contributed by atoms with van der Waals surface area (Å²) in [5, 5.41) is 3.32. The Morgan fingerprint density at radius 3 is 2.36 bits per heavy atom. The van der Waals surface area contributed by atoms with Crippen LogP contribution in [-0.4, -0.2) is 50.5 Å². The maximum absolute atomic E-state index is 14.3. The lowest BCUT2D eigenvalue weighted by atomic mass is 10.1. The minimum Gasteiger partial charge on any atom is -0.354 e. The number of amides is 2. The van der Waals surface area contributed by atoms with Crippen LogP contribution in [0.1, 0.15) is 39.2 Å². The van der Waals surface area contributed by atoms with E-state index < -0.39 is 27.8 Å². The number of hydrogen-bond donors (Lipinski definition) is 1. The molecule has 1 N–H and O–H groups in total. The Balaban J connectivity index is 2.21.